The standard InChI is InChI=1S/C18H25N3O5S.ClH/c1-12(19)14-4-3-7-20(11-14)17(22)13-5-6-15-16(10-13)27(24,25)21(18(15)23)8-9-26-2;/h5-6,10,12,14H,3-4,7-9,11,19H2,1-2H3;1H. The predicted molar refractivity (Wildman–Crippen MR) is 106 cm³/mol. The van der Waals surface area contributed by atoms with Crippen molar-refractivity contribution in [3.8, 4) is 0 Å². The molecule has 1 fully saturated rings. The summed E-state index contributed by atoms with van der Waals surface area (Å²) in [4.78, 5) is 26.9. The number of hydrogen-bond acceptors (Lipinski definition) is 6. The number of benzene rings is 1. The van der Waals surface area contributed by atoms with Gasteiger partial charge in [0.05, 0.1) is 18.7 Å². The molecular weight excluding hydrogens is 406 g/mol. The topological polar surface area (TPSA) is 110 Å². The fourth-order valence-corrected chi connectivity index (χ4v) is 5.19. The maximum atomic E-state index is 12.9. The molecule has 3 rings (SSSR count). The van der Waals surface area contributed by atoms with Gasteiger partial charge in [0.1, 0.15) is 4.90 Å². The number of hydrogen-bond donors (Lipinski definition) is 1. The fourth-order valence-electron chi connectivity index (χ4n) is 3.61. The molecule has 1 aromatic carbocycles. The van der Waals surface area contributed by atoms with E-state index in [1.165, 1.54) is 25.3 Å². The number of sulfonamides is 1. The Balaban J connectivity index is 0.00000280. The monoisotopic (exact) mass is 431 g/mol. The first kappa shape index (κ1) is 22.6. The number of methoxy groups -OCH3 is 1. The molecule has 2 amide bonds. The number of fused-ring (bicyclic) bond motifs is 1. The highest BCUT2D eigenvalue weighted by Crippen LogP contribution is 2.31. The second-order valence-electron chi connectivity index (χ2n) is 7.10. The number of halogens is 1. The molecule has 2 aliphatic rings. The molecule has 2 unspecified atom stereocenters. The Kier molecular flexibility index (Phi) is 7.08. The molecule has 8 nitrogen and oxygen atoms in total. The molecule has 0 aromatic heterocycles. The average molecular weight is 432 g/mol. The zero-order valence-corrected chi connectivity index (χ0v) is 17.6. The first-order valence-corrected chi connectivity index (χ1v) is 10.5. The molecular formula is C18H26ClN3O5S. The van der Waals surface area contributed by atoms with Crippen molar-refractivity contribution in [3.05, 3.63) is 29.3 Å². The van der Waals surface area contributed by atoms with Crippen LogP contribution in [0.2, 0.25) is 0 Å². The number of ether oxygens (including phenoxy) is 1. The van der Waals surface area contributed by atoms with E-state index >= 15 is 0 Å². The minimum absolute atomic E-state index is 0. The summed E-state index contributed by atoms with van der Waals surface area (Å²) in [5.41, 5.74) is 6.34. The van der Waals surface area contributed by atoms with E-state index in [0.29, 0.717) is 13.1 Å². The van der Waals surface area contributed by atoms with Crippen LogP contribution in [0.3, 0.4) is 0 Å². The maximum Gasteiger partial charge on any atom is 0.269 e. The third kappa shape index (κ3) is 4.03. The molecule has 156 valence electrons. The van der Waals surface area contributed by atoms with Gasteiger partial charge in [-0.3, -0.25) is 9.59 Å². The molecule has 0 saturated carbocycles. The SMILES string of the molecule is COCCN1C(=O)c2ccc(C(=O)N3CCCC(C(C)N)C3)cc2S1(=O)=O.Cl. The van der Waals surface area contributed by atoms with Crippen LogP contribution in [-0.4, -0.2) is 68.8 Å². The van der Waals surface area contributed by atoms with E-state index in [9.17, 15) is 18.0 Å². The highest BCUT2D eigenvalue weighted by atomic mass is 35.5. The molecule has 1 aromatic rings. The van der Waals surface area contributed by atoms with Crippen LogP contribution >= 0.6 is 12.4 Å². The summed E-state index contributed by atoms with van der Waals surface area (Å²) in [6.45, 7) is 3.15. The van der Waals surface area contributed by atoms with Crippen LogP contribution in [0.1, 0.15) is 40.5 Å². The van der Waals surface area contributed by atoms with E-state index in [2.05, 4.69) is 0 Å². The van der Waals surface area contributed by atoms with E-state index in [1.54, 1.807) is 4.90 Å². The van der Waals surface area contributed by atoms with Gasteiger partial charge in [0.15, 0.2) is 0 Å². The number of likely N-dealkylation sites (tertiary alicyclic amines) is 1. The zero-order chi connectivity index (χ0) is 19.8. The molecule has 1 saturated heterocycles. The first-order valence-electron chi connectivity index (χ1n) is 9.02. The third-order valence-electron chi connectivity index (χ3n) is 5.24. The third-order valence-corrected chi connectivity index (χ3v) is 7.06. The van der Waals surface area contributed by atoms with Crippen LogP contribution in [0.4, 0.5) is 0 Å². The highest BCUT2D eigenvalue weighted by molar-refractivity contribution is 7.90. The fraction of sp³-hybridized carbons (Fsp3) is 0.556. The molecule has 2 aliphatic heterocycles. The van der Waals surface area contributed by atoms with Crippen molar-refractivity contribution in [2.75, 3.05) is 33.4 Å². The van der Waals surface area contributed by atoms with Crippen LogP contribution in [0.5, 0.6) is 0 Å². The number of carbonyl (C=O) groups is 2. The number of amides is 2. The van der Waals surface area contributed by atoms with Gasteiger partial charge < -0.3 is 15.4 Å². The van der Waals surface area contributed by atoms with Crippen molar-refractivity contribution in [2.45, 2.75) is 30.7 Å². The summed E-state index contributed by atoms with van der Waals surface area (Å²) in [5, 5.41) is 0. The Hall–Kier alpha value is -1.68. The van der Waals surface area contributed by atoms with Gasteiger partial charge in [0.2, 0.25) is 0 Å². The second kappa shape index (κ2) is 8.77. The Labute approximate surface area is 171 Å². The molecule has 0 bridgehead atoms. The highest BCUT2D eigenvalue weighted by Gasteiger charge is 2.41. The molecule has 2 heterocycles. The number of nitrogens with zero attached hydrogens (tertiary/aromatic N) is 2. The molecule has 0 radical (unpaired) electrons. The summed E-state index contributed by atoms with van der Waals surface area (Å²) in [5.74, 6) is -0.593. The Morgan fingerprint density at radius 3 is 2.75 bits per heavy atom. The Morgan fingerprint density at radius 2 is 2.11 bits per heavy atom. The van der Waals surface area contributed by atoms with Gasteiger partial charge in [-0.05, 0) is 43.9 Å². The molecule has 28 heavy (non-hydrogen) atoms. The van der Waals surface area contributed by atoms with Crippen LogP contribution in [-0.2, 0) is 14.8 Å². The van der Waals surface area contributed by atoms with Crippen molar-refractivity contribution in [3.63, 3.8) is 0 Å². The van der Waals surface area contributed by atoms with Gasteiger partial charge in [0.25, 0.3) is 21.8 Å². The number of rotatable bonds is 5. The van der Waals surface area contributed by atoms with Crippen LogP contribution in [0.25, 0.3) is 0 Å². The quantitative estimate of drug-likeness (QED) is 0.747. The van der Waals surface area contributed by atoms with E-state index in [0.717, 1.165) is 17.1 Å². The zero-order valence-electron chi connectivity index (χ0n) is 16.0. The smallest absolute Gasteiger partial charge is 0.269 e. The van der Waals surface area contributed by atoms with Gasteiger partial charge >= 0.3 is 0 Å². The first-order chi connectivity index (χ1) is 12.8. The van der Waals surface area contributed by atoms with Crippen molar-refractivity contribution < 1.29 is 22.7 Å². The van der Waals surface area contributed by atoms with Crippen LogP contribution < -0.4 is 5.73 Å². The number of carbonyl (C=O) groups excluding carboxylic acids is 2. The summed E-state index contributed by atoms with van der Waals surface area (Å²) in [6, 6.07) is 4.24. The molecule has 2 atom stereocenters. The van der Waals surface area contributed by atoms with Gasteiger partial charge in [-0.25, -0.2) is 12.7 Å². The Bertz CT molecular complexity index is 859. The van der Waals surface area contributed by atoms with E-state index in [1.807, 2.05) is 6.92 Å². The lowest BCUT2D eigenvalue weighted by Crippen LogP contribution is -2.45. The van der Waals surface area contributed by atoms with Gasteiger partial charge in [0, 0.05) is 31.8 Å². The number of piperidine rings is 1. The van der Waals surface area contributed by atoms with E-state index in [-0.39, 0.29) is 59.4 Å². The Morgan fingerprint density at radius 1 is 1.39 bits per heavy atom. The minimum Gasteiger partial charge on any atom is -0.383 e. The summed E-state index contributed by atoms with van der Waals surface area (Å²) in [6.07, 6.45) is 1.84. The van der Waals surface area contributed by atoms with Gasteiger partial charge in [-0.15, -0.1) is 12.4 Å². The predicted octanol–water partition coefficient (Wildman–Crippen LogP) is 1.10. The molecule has 0 aliphatic carbocycles. The summed E-state index contributed by atoms with van der Waals surface area (Å²) >= 11 is 0. The second-order valence-corrected chi connectivity index (χ2v) is 8.93. The lowest BCUT2D eigenvalue weighted by atomic mass is 9.92. The normalized spacial score (nSPS) is 21.8. The summed E-state index contributed by atoms with van der Waals surface area (Å²) < 4.78 is 31.1. The average Bonchev–Trinajstić information content (AvgIpc) is 2.85. The molecule has 10 heteroatoms. The molecule has 0 spiro atoms. The van der Waals surface area contributed by atoms with E-state index < -0.39 is 15.9 Å². The van der Waals surface area contributed by atoms with Gasteiger partial charge in [-0.1, -0.05) is 0 Å². The van der Waals surface area contributed by atoms with Crippen LogP contribution in [0.15, 0.2) is 23.1 Å². The van der Waals surface area contributed by atoms with Crippen LogP contribution in [0, 0.1) is 5.92 Å². The lowest BCUT2D eigenvalue weighted by Gasteiger charge is -2.34. The largest absolute Gasteiger partial charge is 0.383 e. The van der Waals surface area contributed by atoms with Gasteiger partial charge in [-0.2, -0.15) is 0 Å². The van der Waals surface area contributed by atoms with Crippen molar-refractivity contribution in [1.29, 1.82) is 0 Å². The van der Waals surface area contributed by atoms with E-state index in [4.69, 9.17) is 10.5 Å². The molecule has 2 N–H and O–H groups in total. The van der Waals surface area contributed by atoms with Crippen molar-refractivity contribution >= 4 is 34.2 Å². The van der Waals surface area contributed by atoms with Crippen molar-refractivity contribution in [2.24, 2.45) is 11.7 Å². The van der Waals surface area contributed by atoms with Crippen molar-refractivity contribution in [1.82, 2.24) is 9.21 Å². The maximum absolute atomic E-state index is 12.9. The number of nitrogens with two attached hydrogens (primary N) is 1. The summed E-state index contributed by atoms with van der Waals surface area (Å²) in [7, 11) is -2.53. The minimum atomic E-state index is -3.97. The lowest BCUT2D eigenvalue weighted by molar-refractivity contribution is 0.0660.